The Morgan fingerprint density at radius 3 is 2.11 bits per heavy atom. The second-order valence-corrected chi connectivity index (χ2v) is 17.0. The molecule has 1 aliphatic heterocycles. The van der Waals surface area contributed by atoms with Gasteiger partial charge in [0.15, 0.2) is 5.79 Å². The van der Waals surface area contributed by atoms with Crippen LogP contribution in [0.4, 0.5) is 4.79 Å². The van der Waals surface area contributed by atoms with E-state index in [1.165, 1.54) is 5.57 Å². The molecule has 7 heteroatoms. The van der Waals surface area contributed by atoms with Gasteiger partial charge in [-0.3, -0.25) is 0 Å². The van der Waals surface area contributed by atoms with Crippen molar-refractivity contribution in [3.8, 4) is 0 Å². The van der Waals surface area contributed by atoms with Crippen LogP contribution in [-0.2, 0) is 13.9 Å². The van der Waals surface area contributed by atoms with Gasteiger partial charge in [-0.25, -0.2) is 4.79 Å². The van der Waals surface area contributed by atoms with E-state index in [0.29, 0.717) is 36.3 Å². The standard InChI is InChI=1S/C29H56N2O4Si/c1-10-27(35-36(23(4)5,24(6)7)25(8)9)17-11-12-18-29(33-19-14-20-34-29)21-26(31-28(30)32)16-13-15-22(2)3/h11,15,17,23-27H,10,12-14,16,18-21H2,1-9H3,(H3,30,31,32)/b17-11-/t26-,27-/m0/s1. The summed E-state index contributed by atoms with van der Waals surface area (Å²) >= 11 is 0. The molecule has 36 heavy (non-hydrogen) atoms. The highest BCUT2D eigenvalue weighted by molar-refractivity contribution is 6.77. The molecule has 0 aromatic rings. The van der Waals surface area contributed by atoms with Gasteiger partial charge < -0.3 is 25.0 Å². The average Bonchev–Trinajstić information content (AvgIpc) is 2.78. The predicted molar refractivity (Wildman–Crippen MR) is 154 cm³/mol. The fraction of sp³-hybridized carbons (Fsp3) is 0.828. The largest absolute Gasteiger partial charge is 0.410 e. The summed E-state index contributed by atoms with van der Waals surface area (Å²) in [5, 5.41) is 2.92. The van der Waals surface area contributed by atoms with Crippen molar-refractivity contribution in [1.29, 1.82) is 0 Å². The molecule has 210 valence electrons. The Morgan fingerprint density at radius 1 is 1.06 bits per heavy atom. The molecule has 0 unspecified atom stereocenters. The Bertz CT molecular complexity index is 674. The number of hydrogen-bond acceptors (Lipinski definition) is 4. The van der Waals surface area contributed by atoms with Gasteiger partial charge in [0.25, 0.3) is 0 Å². The van der Waals surface area contributed by atoms with Crippen LogP contribution in [-0.4, -0.2) is 45.5 Å². The van der Waals surface area contributed by atoms with E-state index in [9.17, 15) is 4.79 Å². The minimum Gasteiger partial charge on any atom is -0.410 e. The van der Waals surface area contributed by atoms with E-state index in [-0.39, 0.29) is 12.1 Å². The van der Waals surface area contributed by atoms with Gasteiger partial charge in [-0.05, 0) is 62.6 Å². The molecule has 0 bridgehead atoms. The van der Waals surface area contributed by atoms with Crippen molar-refractivity contribution in [3.63, 3.8) is 0 Å². The van der Waals surface area contributed by atoms with Gasteiger partial charge in [0, 0.05) is 18.9 Å². The molecular weight excluding hydrogens is 468 g/mol. The molecule has 0 spiro atoms. The van der Waals surface area contributed by atoms with Crippen LogP contribution >= 0.6 is 0 Å². The van der Waals surface area contributed by atoms with Gasteiger partial charge in [0.2, 0.25) is 8.32 Å². The zero-order chi connectivity index (χ0) is 27.4. The maximum Gasteiger partial charge on any atom is 0.312 e. The van der Waals surface area contributed by atoms with Gasteiger partial charge in [0.05, 0.1) is 19.3 Å². The number of nitrogens with one attached hydrogen (secondary N) is 1. The molecule has 1 fully saturated rings. The van der Waals surface area contributed by atoms with Crippen molar-refractivity contribution in [2.75, 3.05) is 13.2 Å². The lowest BCUT2D eigenvalue weighted by molar-refractivity contribution is -0.275. The minimum atomic E-state index is -1.93. The highest BCUT2D eigenvalue weighted by Gasteiger charge is 2.46. The van der Waals surface area contributed by atoms with Crippen molar-refractivity contribution >= 4 is 14.3 Å². The van der Waals surface area contributed by atoms with E-state index in [4.69, 9.17) is 19.6 Å². The molecule has 1 heterocycles. The molecule has 2 atom stereocenters. The van der Waals surface area contributed by atoms with E-state index in [1.807, 2.05) is 0 Å². The van der Waals surface area contributed by atoms with Crippen LogP contribution < -0.4 is 11.1 Å². The number of primary amides is 1. The lowest BCUT2D eigenvalue weighted by atomic mass is 9.96. The third-order valence-electron chi connectivity index (χ3n) is 7.50. The van der Waals surface area contributed by atoms with Crippen LogP contribution in [0.25, 0.3) is 0 Å². The lowest BCUT2D eigenvalue weighted by Gasteiger charge is -2.44. The van der Waals surface area contributed by atoms with Crippen molar-refractivity contribution in [2.45, 2.75) is 142 Å². The summed E-state index contributed by atoms with van der Waals surface area (Å²) < 4.78 is 19.4. The molecule has 3 N–H and O–H groups in total. The summed E-state index contributed by atoms with van der Waals surface area (Å²) in [6.45, 7) is 21.7. The Kier molecular flexibility index (Phi) is 14.6. The number of carbonyl (C=O) groups excluding carboxylic acids is 1. The number of urea groups is 1. The van der Waals surface area contributed by atoms with Gasteiger partial charge in [-0.1, -0.05) is 72.3 Å². The van der Waals surface area contributed by atoms with Crippen molar-refractivity contribution in [2.24, 2.45) is 5.73 Å². The Morgan fingerprint density at radius 2 is 1.64 bits per heavy atom. The molecule has 0 saturated carbocycles. The van der Waals surface area contributed by atoms with Gasteiger partial charge in [-0.15, -0.1) is 0 Å². The SMILES string of the molecule is CC[C@@H](/C=C\CCC1(C[C@H](CCC=C(C)C)NC(N)=O)OCCCO1)O[Si](C(C)C)(C(C)C)C(C)C. The monoisotopic (exact) mass is 524 g/mol. The summed E-state index contributed by atoms with van der Waals surface area (Å²) in [5.41, 5.74) is 8.45. The van der Waals surface area contributed by atoms with E-state index < -0.39 is 20.1 Å². The molecule has 1 aliphatic rings. The Hall–Kier alpha value is -1.15. The molecule has 2 amide bonds. The normalized spacial score (nSPS) is 18.1. The molecule has 0 aromatic heterocycles. The first-order chi connectivity index (χ1) is 16.9. The van der Waals surface area contributed by atoms with Crippen molar-refractivity contribution in [1.82, 2.24) is 5.32 Å². The van der Waals surface area contributed by atoms with Crippen molar-refractivity contribution in [3.05, 3.63) is 23.8 Å². The number of amides is 2. The van der Waals surface area contributed by atoms with Crippen LogP contribution in [0.1, 0.15) is 107 Å². The second kappa shape index (κ2) is 16.0. The zero-order valence-corrected chi connectivity index (χ0v) is 25.7. The predicted octanol–water partition coefficient (Wildman–Crippen LogP) is 7.60. The first-order valence-corrected chi connectivity index (χ1v) is 16.3. The Balaban J connectivity index is 2.91. The number of carbonyl (C=O) groups is 1. The quantitative estimate of drug-likeness (QED) is 0.161. The van der Waals surface area contributed by atoms with E-state index in [2.05, 4.69) is 85.9 Å². The maximum absolute atomic E-state index is 11.7. The number of nitrogens with two attached hydrogens (primary N) is 1. The van der Waals surface area contributed by atoms with Crippen LogP contribution in [0.2, 0.25) is 16.6 Å². The maximum atomic E-state index is 11.7. The summed E-state index contributed by atoms with van der Waals surface area (Å²) in [5.74, 6) is -0.699. The van der Waals surface area contributed by atoms with Gasteiger partial charge >= 0.3 is 6.03 Å². The summed E-state index contributed by atoms with van der Waals surface area (Å²) in [6, 6.07) is -0.597. The molecule has 0 aromatic carbocycles. The summed E-state index contributed by atoms with van der Waals surface area (Å²) in [4.78, 5) is 11.7. The van der Waals surface area contributed by atoms with Crippen LogP contribution in [0.3, 0.4) is 0 Å². The highest BCUT2D eigenvalue weighted by Crippen LogP contribution is 2.43. The smallest absolute Gasteiger partial charge is 0.312 e. The van der Waals surface area contributed by atoms with Crippen LogP contribution in [0.15, 0.2) is 23.8 Å². The van der Waals surface area contributed by atoms with Crippen LogP contribution in [0.5, 0.6) is 0 Å². The highest BCUT2D eigenvalue weighted by atomic mass is 28.4. The number of hydrogen-bond donors (Lipinski definition) is 2. The van der Waals surface area contributed by atoms with E-state index in [0.717, 1.165) is 38.5 Å². The molecular formula is C29H56N2O4Si. The number of allylic oxidation sites excluding steroid dienone is 3. The summed E-state index contributed by atoms with van der Waals surface area (Å²) in [7, 11) is -1.93. The van der Waals surface area contributed by atoms with Gasteiger partial charge in [0.1, 0.15) is 0 Å². The topological polar surface area (TPSA) is 82.8 Å². The fourth-order valence-corrected chi connectivity index (χ4v) is 11.4. The molecule has 1 saturated heterocycles. The lowest BCUT2D eigenvalue weighted by Crippen LogP contribution is -2.49. The number of ether oxygens (including phenoxy) is 2. The minimum absolute atomic E-state index is 0.0957. The van der Waals surface area contributed by atoms with E-state index >= 15 is 0 Å². The average molecular weight is 525 g/mol. The summed E-state index contributed by atoms with van der Waals surface area (Å²) in [6.07, 6.45) is 12.5. The van der Waals surface area contributed by atoms with Crippen molar-refractivity contribution < 1.29 is 18.7 Å². The second-order valence-electron chi connectivity index (χ2n) is 11.6. The first-order valence-electron chi connectivity index (χ1n) is 14.2. The van der Waals surface area contributed by atoms with E-state index in [1.54, 1.807) is 0 Å². The van der Waals surface area contributed by atoms with Gasteiger partial charge in [-0.2, -0.15) is 0 Å². The molecule has 0 radical (unpaired) electrons. The number of rotatable bonds is 16. The third-order valence-corrected chi connectivity index (χ3v) is 13.6. The molecule has 6 nitrogen and oxygen atoms in total. The molecule has 1 rings (SSSR count). The Labute approximate surface area is 222 Å². The zero-order valence-electron chi connectivity index (χ0n) is 24.7. The third kappa shape index (κ3) is 10.3. The van der Waals surface area contributed by atoms with Crippen LogP contribution in [0, 0.1) is 0 Å². The first kappa shape index (κ1) is 32.9. The molecule has 0 aliphatic carbocycles. The fourth-order valence-electron chi connectivity index (χ4n) is 5.84.